The monoisotopic (exact) mass is 357 g/mol. The molecule has 1 saturated heterocycles. The second kappa shape index (κ2) is 6.83. The molecule has 1 amide bonds. The minimum absolute atomic E-state index is 0.0691. The molecule has 1 aliphatic carbocycles. The summed E-state index contributed by atoms with van der Waals surface area (Å²) in [6.45, 7) is 3.44. The zero-order chi connectivity index (χ0) is 18.1. The van der Waals surface area contributed by atoms with Crippen LogP contribution in [0.1, 0.15) is 53.3 Å². The summed E-state index contributed by atoms with van der Waals surface area (Å²) in [7, 11) is 0. The Morgan fingerprint density at radius 3 is 2.65 bits per heavy atom. The number of ether oxygens (including phenoxy) is 1. The fraction of sp³-hybridized carbons (Fsp3) is 0.500. The van der Waals surface area contributed by atoms with Crippen molar-refractivity contribution in [1.29, 1.82) is 0 Å². The van der Waals surface area contributed by atoms with Crippen molar-refractivity contribution in [3.05, 3.63) is 53.1 Å². The number of carbonyl (C=O) groups excluding carboxylic acids is 1. The van der Waals surface area contributed by atoms with Crippen LogP contribution in [0.15, 0.2) is 30.5 Å². The van der Waals surface area contributed by atoms with Crippen molar-refractivity contribution in [3.63, 3.8) is 0 Å². The zero-order valence-corrected chi connectivity index (χ0v) is 15.0. The van der Waals surface area contributed by atoms with E-state index >= 15 is 0 Å². The van der Waals surface area contributed by atoms with Crippen LogP contribution in [0.5, 0.6) is 0 Å². The molecule has 5 nitrogen and oxygen atoms in total. The molecule has 1 N–H and O–H groups in total. The minimum atomic E-state index is -0.237. The third-order valence-corrected chi connectivity index (χ3v) is 5.51. The van der Waals surface area contributed by atoms with Crippen molar-refractivity contribution in [2.75, 3.05) is 13.2 Å². The number of carbonyl (C=O) groups is 1. The molecule has 0 radical (unpaired) electrons. The van der Waals surface area contributed by atoms with Crippen molar-refractivity contribution >= 4 is 5.91 Å². The first kappa shape index (κ1) is 17.2. The van der Waals surface area contributed by atoms with Crippen LogP contribution in [0.4, 0.5) is 4.39 Å². The summed E-state index contributed by atoms with van der Waals surface area (Å²) in [5, 5.41) is 7.66. The maximum absolute atomic E-state index is 13.1. The van der Waals surface area contributed by atoms with E-state index in [1.807, 2.05) is 11.6 Å². The summed E-state index contributed by atoms with van der Waals surface area (Å²) in [5.74, 6) is -0.306. The second-order valence-electron chi connectivity index (χ2n) is 7.47. The fourth-order valence-electron chi connectivity index (χ4n) is 3.74. The highest BCUT2D eigenvalue weighted by Crippen LogP contribution is 2.39. The molecular formula is C20H24FN3O2. The molecule has 6 heteroatoms. The number of nitrogens with zero attached hydrogens (tertiary/aromatic N) is 2. The van der Waals surface area contributed by atoms with E-state index in [2.05, 4.69) is 10.4 Å². The van der Waals surface area contributed by atoms with E-state index in [4.69, 9.17) is 4.74 Å². The first-order valence-electron chi connectivity index (χ1n) is 9.25. The van der Waals surface area contributed by atoms with Gasteiger partial charge in [-0.25, -0.2) is 4.39 Å². The Bertz CT molecular complexity index is 790. The van der Waals surface area contributed by atoms with Crippen LogP contribution in [0.2, 0.25) is 0 Å². The molecule has 0 unspecified atom stereocenters. The Morgan fingerprint density at radius 1 is 1.31 bits per heavy atom. The first-order valence-corrected chi connectivity index (χ1v) is 9.25. The molecular weight excluding hydrogens is 333 g/mol. The number of hydrogen-bond donors (Lipinski definition) is 1. The number of rotatable bonds is 5. The predicted molar refractivity (Wildman–Crippen MR) is 95.6 cm³/mol. The van der Waals surface area contributed by atoms with Gasteiger partial charge < -0.3 is 10.1 Å². The van der Waals surface area contributed by atoms with E-state index in [-0.39, 0.29) is 17.3 Å². The lowest BCUT2D eigenvalue weighted by Crippen LogP contribution is -2.38. The Morgan fingerprint density at radius 2 is 2.00 bits per heavy atom. The summed E-state index contributed by atoms with van der Waals surface area (Å²) in [6.07, 6.45) is 6.16. The van der Waals surface area contributed by atoms with Crippen LogP contribution in [0, 0.1) is 12.7 Å². The van der Waals surface area contributed by atoms with Crippen molar-refractivity contribution in [2.45, 2.75) is 50.6 Å². The fourth-order valence-corrected chi connectivity index (χ4v) is 3.74. The van der Waals surface area contributed by atoms with Gasteiger partial charge in [-0.3, -0.25) is 9.48 Å². The van der Waals surface area contributed by atoms with Crippen LogP contribution in [0.3, 0.4) is 0 Å². The van der Waals surface area contributed by atoms with E-state index in [9.17, 15) is 9.18 Å². The number of nitrogens with one attached hydrogen (secondary N) is 1. The van der Waals surface area contributed by atoms with Gasteiger partial charge in [0.15, 0.2) is 0 Å². The number of amides is 1. The second-order valence-corrected chi connectivity index (χ2v) is 7.47. The lowest BCUT2D eigenvalue weighted by Gasteiger charge is -2.23. The van der Waals surface area contributed by atoms with Gasteiger partial charge in [-0.05, 0) is 56.7 Å². The highest BCUT2D eigenvalue weighted by molar-refractivity contribution is 5.95. The molecule has 0 atom stereocenters. The maximum atomic E-state index is 13.1. The number of aromatic nitrogens is 2. The average Bonchev–Trinajstić information content (AvgIpc) is 3.28. The van der Waals surface area contributed by atoms with E-state index in [1.54, 1.807) is 18.3 Å². The lowest BCUT2D eigenvalue weighted by molar-refractivity contribution is 0.0656. The van der Waals surface area contributed by atoms with Gasteiger partial charge in [0, 0.05) is 24.4 Å². The van der Waals surface area contributed by atoms with Crippen molar-refractivity contribution < 1.29 is 13.9 Å². The molecule has 1 aliphatic heterocycles. The van der Waals surface area contributed by atoms with Crippen LogP contribution < -0.4 is 5.32 Å². The largest absolute Gasteiger partial charge is 0.381 e. The molecule has 2 fully saturated rings. The summed E-state index contributed by atoms with van der Waals surface area (Å²) in [5.41, 5.74) is 2.38. The van der Waals surface area contributed by atoms with Gasteiger partial charge in [-0.1, -0.05) is 12.1 Å². The van der Waals surface area contributed by atoms with E-state index < -0.39 is 0 Å². The molecule has 2 heterocycles. The molecule has 0 bridgehead atoms. The van der Waals surface area contributed by atoms with Crippen molar-refractivity contribution in [3.8, 4) is 0 Å². The third kappa shape index (κ3) is 3.51. The molecule has 2 aromatic rings. The number of benzene rings is 1. The summed E-state index contributed by atoms with van der Waals surface area (Å²) in [4.78, 5) is 12.8. The van der Waals surface area contributed by atoms with Crippen molar-refractivity contribution in [2.24, 2.45) is 0 Å². The van der Waals surface area contributed by atoms with Crippen LogP contribution in [-0.4, -0.2) is 34.4 Å². The molecule has 1 aromatic carbocycles. The molecule has 26 heavy (non-hydrogen) atoms. The standard InChI is InChI=1S/C20H24FN3O2/c1-14-18(13-22-24(14)17-6-10-26-11-7-17)19(25)23-20(8-9-20)12-15-2-4-16(21)5-3-15/h2-5,13,17H,6-12H2,1H3,(H,23,25). The van der Waals surface area contributed by atoms with Gasteiger partial charge >= 0.3 is 0 Å². The van der Waals surface area contributed by atoms with Gasteiger partial charge in [0.05, 0.1) is 17.8 Å². The molecule has 4 rings (SSSR count). The van der Waals surface area contributed by atoms with E-state index in [0.29, 0.717) is 11.6 Å². The first-order chi connectivity index (χ1) is 12.6. The zero-order valence-electron chi connectivity index (χ0n) is 15.0. The van der Waals surface area contributed by atoms with E-state index in [0.717, 1.165) is 56.6 Å². The Kier molecular flexibility index (Phi) is 4.53. The Hall–Kier alpha value is -2.21. The van der Waals surface area contributed by atoms with Gasteiger partial charge in [-0.15, -0.1) is 0 Å². The van der Waals surface area contributed by atoms with Gasteiger partial charge in [0.25, 0.3) is 5.91 Å². The summed E-state index contributed by atoms with van der Waals surface area (Å²) >= 11 is 0. The summed E-state index contributed by atoms with van der Waals surface area (Å²) in [6, 6.07) is 6.82. The average molecular weight is 357 g/mol. The van der Waals surface area contributed by atoms with Crippen molar-refractivity contribution in [1.82, 2.24) is 15.1 Å². The smallest absolute Gasteiger partial charge is 0.255 e. The van der Waals surface area contributed by atoms with Gasteiger partial charge in [-0.2, -0.15) is 5.10 Å². The van der Waals surface area contributed by atoms with Gasteiger partial charge in [0.2, 0.25) is 0 Å². The summed E-state index contributed by atoms with van der Waals surface area (Å²) < 4.78 is 20.5. The van der Waals surface area contributed by atoms with Crippen LogP contribution >= 0.6 is 0 Å². The Labute approximate surface area is 152 Å². The number of hydrogen-bond acceptors (Lipinski definition) is 3. The third-order valence-electron chi connectivity index (χ3n) is 5.51. The van der Waals surface area contributed by atoms with Crippen LogP contribution in [-0.2, 0) is 11.2 Å². The normalized spacial score (nSPS) is 19.3. The highest BCUT2D eigenvalue weighted by Gasteiger charge is 2.44. The Balaban J connectivity index is 1.44. The highest BCUT2D eigenvalue weighted by atomic mass is 19.1. The molecule has 1 saturated carbocycles. The molecule has 2 aliphatic rings. The number of halogens is 1. The lowest BCUT2D eigenvalue weighted by atomic mass is 10.0. The molecule has 1 aromatic heterocycles. The predicted octanol–water partition coefficient (Wildman–Crippen LogP) is 3.19. The maximum Gasteiger partial charge on any atom is 0.255 e. The topological polar surface area (TPSA) is 56.2 Å². The quantitative estimate of drug-likeness (QED) is 0.894. The van der Waals surface area contributed by atoms with E-state index in [1.165, 1.54) is 12.1 Å². The SMILES string of the molecule is Cc1c(C(=O)NC2(Cc3ccc(F)cc3)CC2)cnn1C1CCOCC1. The molecule has 138 valence electrons. The minimum Gasteiger partial charge on any atom is -0.381 e. The van der Waals surface area contributed by atoms with Gasteiger partial charge in [0.1, 0.15) is 5.82 Å². The molecule has 0 spiro atoms. The van der Waals surface area contributed by atoms with Crippen LogP contribution in [0.25, 0.3) is 0 Å².